The van der Waals surface area contributed by atoms with E-state index in [2.05, 4.69) is 0 Å². The van der Waals surface area contributed by atoms with Gasteiger partial charge in [-0.2, -0.15) is 0 Å². The monoisotopic (exact) mass is 254 g/mol. The van der Waals surface area contributed by atoms with Crippen molar-refractivity contribution < 1.29 is 14.3 Å². The molecule has 19 heavy (non-hydrogen) atoms. The van der Waals surface area contributed by atoms with Crippen LogP contribution in [0.2, 0.25) is 0 Å². The maximum atomic E-state index is 9.67. The summed E-state index contributed by atoms with van der Waals surface area (Å²) < 4.78 is 11.2. The summed E-state index contributed by atoms with van der Waals surface area (Å²) in [6.07, 6.45) is 0. The average Bonchev–Trinajstić information content (AvgIpc) is 2.81. The summed E-state index contributed by atoms with van der Waals surface area (Å²) >= 11 is 0. The van der Waals surface area contributed by atoms with E-state index in [1.165, 1.54) is 0 Å². The van der Waals surface area contributed by atoms with Crippen LogP contribution in [0, 0.1) is 6.92 Å². The number of furan rings is 1. The molecule has 0 bridgehead atoms. The third kappa shape index (κ3) is 2.40. The summed E-state index contributed by atoms with van der Waals surface area (Å²) in [5.74, 6) is 1.65. The van der Waals surface area contributed by atoms with E-state index in [-0.39, 0.29) is 5.75 Å². The van der Waals surface area contributed by atoms with Crippen molar-refractivity contribution in [2.24, 2.45) is 0 Å². The Morgan fingerprint density at radius 2 is 1.95 bits per heavy atom. The molecule has 0 unspecified atom stereocenters. The molecule has 1 heterocycles. The quantitative estimate of drug-likeness (QED) is 0.767. The lowest BCUT2D eigenvalue weighted by molar-refractivity contribution is 0.273. The highest BCUT2D eigenvalue weighted by atomic mass is 16.5. The minimum absolute atomic E-state index is 0.152. The van der Waals surface area contributed by atoms with Gasteiger partial charge in [0.2, 0.25) is 0 Å². The van der Waals surface area contributed by atoms with Crippen LogP contribution in [0.5, 0.6) is 11.5 Å². The Labute approximate surface area is 111 Å². The lowest BCUT2D eigenvalue weighted by Crippen LogP contribution is -1.93. The first kappa shape index (κ1) is 11.7. The summed E-state index contributed by atoms with van der Waals surface area (Å²) in [4.78, 5) is 0. The molecule has 96 valence electrons. The van der Waals surface area contributed by atoms with Crippen LogP contribution in [-0.4, -0.2) is 5.11 Å². The van der Waals surface area contributed by atoms with Crippen LogP contribution >= 0.6 is 0 Å². The van der Waals surface area contributed by atoms with Gasteiger partial charge in [-0.25, -0.2) is 0 Å². The van der Waals surface area contributed by atoms with E-state index in [1.807, 2.05) is 43.3 Å². The molecule has 0 aliphatic carbocycles. The van der Waals surface area contributed by atoms with Gasteiger partial charge in [0.15, 0.2) is 11.3 Å². The third-order valence-corrected chi connectivity index (χ3v) is 2.94. The van der Waals surface area contributed by atoms with E-state index in [4.69, 9.17) is 9.15 Å². The number of benzene rings is 2. The average molecular weight is 254 g/mol. The highest BCUT2D eigenvalue weighted by molar-refractivity contribution is 5.83. The lowest BCUT2D eigenvalue weighted by atomic mass is 10.2. The van der Waals surface area contributed by atoms with Crippen molar-refractivity contribution in [1.82, 2.24) is 0 Å². The molecule has 0 saturated heterocycles. The fourth-order valence-corrected chi connectivity index (χ4v) is 2.03. The van der Waals surface area contributed by atoms with E-state index in [1.54, 1.807) is 12.1 Å². The number of aryl methyl sites for hydroxylation is 1. The van der Waals surface area contributed by atoms with Crippen LogP contribution in [0.3, 0.4) is 0 Å². The van der Waals surface area contributed by atoms with Gasteiger partial charge in [0.05, 0.1) is 0 Å². The van der Waals surface area contributed by atoms with Crippen LogP contribution in [0.25, 0.3) is 11.0 Å². The van der Waals surface area contributed by atoms with E-state index in [0.717, 1.165) is 16.7 Å². The van der Waals surface area contributed by atoms with Crippen molar-refractivity contribution in [3.05, 3.63) is 59.9 Å². The molecule has 0 aliphatic rings. The van der Waals surface area contributed by atoms with Crippen LogP contribution < -0.4 is 4.74 Å². The minimum atomic E-state index is 0.152. The Bertz CT molecular complexity index is 713. The van der Waals surface area contributed by atoms with Gasteiger partial charge in [0.1, 0.15) is 18.1 Å². The number of hydrogen-bond donors (Lipinski definition) is 1. The van der Waals surface area contributed by atoms with Crippen LogP contribution in [0.4, 0.5) is 0 Å². The Balaban J connectivity index is 1.80. The maximum Gasteiger partial charge on any atom is 0.176 e. The summed E-state index contributed by atoms with van der Waals surface area (Å²) in [7, 11) is 0. The van der Waals surface area contributed by atoms with Gasteiger partial charge in [0.25, 0.3) is 0 Å². The zero-order valence-corrected chi connectivity index (χ0v) is 10.6. The summed E-state index contributed by atoms with van der Waals surface area (Å²) in [5.41, 5.74) is 1.66. The molecule has 0 radical (unpaired) electrons. The molecule has 3 aromatic rings. The van der Waals surface area contributed by atoms with Gasteiger partial charge in [0, 0.05) is 5.39 Å². The number of fused-ring (bicyclic) bond motifs is 1. The van der Waals surface area contributed by atoms with Crippen LogP contribution in [0.1, 0.15) is 11.3 Å². The van der Waals surface area contributed by atoms with Gasteiger partial charge < -0.3 is 14.3 Å². The number of aromatic hydroxyl groups is 1. The van der Waals surface area contributed by atoms with Crippen molar-refractivity contribution in [3.63, 3.8) is 0 Å². The molecule has 1 aromatic heterocycles. The molecule has 0 fully saturated rings. The molecule has 3 rings (SSSR count). The zero-order valence-electron chi connectivity index (χ0n) is 10.6. The molecule has 0 amide bonds. The van der Waals surface area contributed by atoms with Crippen molar-refractivity contribution >= 4 is 11.0 Å². The second kappa shape index (κ2) is 4.69. The van der Waals surface area contributed by atoms with Gasteiger partial charge in [-0.05, 0) is 36.8 Å². The van der Waals surface area contributed by atoms with E-state index < -0.39 is 0 Å². The van der Waals surface area contributed by atoms with Gasteiger partial charge in [-0.3, -0.25) is 0 Å². The van der Waals surface area contributed by atoms with Gasteiger partial charge >= 0.3 is 0 Å². The van der Waals surface area contributed by atoms with Crippen molar-refractivity contribution in [2.45, 2.75) is 13.5 Å². The smallest absolute Gasteiger partial charge is 0.176 e. The summed E-state index contributed by atoms with van der Waals surface area (Å²) in [6, 6.07) is 15.0. The van der Waals surface area contributed by atoms with E-state index in [0.29, 0.717) is 18.0 Å². The predicted octanol–water partition coefficient (Wildman–Crippen LogP) is 4.03. The number of ether oxygens (including phenoxy) is 1. The topological polar surface area (TPSA) is 42.6 Å². The number of rotatable bonds is 3. The van der Waals surface area contributed by atoms with Gasteiger partial charge in [-0.15, -0.1) is 0 Å². The van der Waals surface area contributed by atoms with Crippen molar-refractivity contribution in [1.29, 1.82) is 0 Å². The van der Waals surface area contributed by atoms with Crippen LogP contribution in [-0.2, 0) is 6.61 Å². The predicted molar refractivity (Wildman–Crippen MR) is 73.4 cm³/mol. The molecule has 0 aliphatic heterocycles. The molecule has 3 heteroatoms. The molecular formula is C16H14O3. The lowest BCUT2D eigenvalue weighted by Gasteiger charge is -2.04. The molecule has 0 spiro atoms. The molecule has 3 nitrogen and oxygen atoms in total. The Kier molecular flexibility index (Phi) is 2.88. The first-order chi connectivity index (χ1) is 9.22. The van der Waals surface area contributed by atoms with Gasteiger partial charge in [-0.1, -0.05) is 24.3 Å². The molecule has 2 aromatic carbocycles. The fraction of sp³-hybridized carbons (Fsp3) is 0.125. The highest BCUT2D eigenvalue weighted by Gasteiger charge is 2.07. The maximum absolute atomic E-state index is 9.67. The molecule has 1 N–H and O–H groups in total. The summed E-state index contributed by atoms with van der Waals surface area (Å²) in [6.45, 7) is 2.36. The summed E-state index contributed by atoms with van der Waals surface area (Å²) in [5, 5.41) is 10.5. The van der Waals surface area contributed by atoms with Crippen molar-refractivity contribution in [2.75, 3.05) is 0 Å². The second-order valence-corrected chi connectivity index (χ2v) is 4.51. The largest absolute Gasteiger partial charge is 0.504 e. The van der Waals surface area contributed by atoms with E-state index in [9.17, 15) is 5.11 Å². The third-order valence-electron chi connectivity index (χ3n) is 2.94. The van der Waals surface area contributed by atoms with E-state index >= 15 is 0 Å². The Hall–Kier alpha value is -2.42. The second-order valence-electron chi connectivity index (χ2n) is 4.51. The van der Waals surface area contributed by atoms with Crippen LogP contribution in [0.15, 0.2) is 52.9 Å². The standard InChI is InChI=1S/C16H14O3/c1-11-4-2-6-13(8-11)18-10-14-9-12-5-3-7-15(17)16(12)19-14/h2-9,17H,10H2,1H3. The molecular weight excluding hydrogens is 240 g/mol. The first-order valence-electron chi connectivity index (χ1n) is 6.12. The first-order valence-corrected chi connectivity index (χ1v) is 6.12. The number of hydrogen-bond acceptors (Lipinski definition) is 3. The zero-order chi connectivity index (χ0) is 13.2. The molecule has 0 saturated carbocycles. The Morgan fingerprint density at radius 1 is 1.11 bits per heavy atom. The SMILES string of the molecule is Cc1cccc(OCc2cc3cccc(O)c3o2)c1. The normalized spacial score (nSPS) is 10.8. The minimum Gasteiger partial charge on any atom is -0.504 e. The number of phenolic OH excluding ortho intramolecular Hbond substituents is 1. The Morgan fingerprint density at radius 3 is 2.74 bits per heavy atom. The fourth-order valence-electron chi connectivity index (χ4n) is 2.03. The molecule has 0 atom stereocenters. The number of para-hydroxylation sites is 1. The number of phenols is 1. The van der Waals surface area contributed by atoms with Crippen molar-refractivity contribution in [3.8, 4) is 11.5 Å². The highest BCUT2D eigenvalue weighted by Crippen LogP contribution is 2.28.